The summed E-state index contributed by atoms with van der Waals surface area (Å²) in [5.74, 6) is 0. The summed E-state index contributed by atoms with van der Waals surface area (Å²) in [7, 11) is 0. The minimum atomic E-state index is -2.32. The fourth-order valence-corrected chi connectivity index (χ4v) is 0.566. The Morgan fingerprint density at radius 1 is 0.266 bits per heavy atom. The number of rotatable bonds is 8. The van der Waals surface area contributed by atoms with Crippen LogP contribution in [0.5, 0.6) is 0 Å². The molecule has 0 unspecified atom stereocenters. The number of hydrogen-bond acceptors (Lipinski definition) is 20. The molecule has 64 heavy (non-hydrogen) atoms. The van der Waals surface area contributed by atoms with Crippen molar-refractivity contribution in [2.75, 3.05) is 39.6 Å². The molecule has 22 nitrogen and oxygen atoms in total. The summed E-state index contributed by atoms with van der Waals surface area (Å²) < 4.78 is 0. The Morgan fingerprint density at radius 2 is 0.312 bits per heavy atom. The molecular weight excluding hydrogens is 996 g/mol. The van der Waals surface area contributed by atoms with Gasteiger partial charge < -0.3 is 81.7 Å². The van der Waals surface area contributed by atoms with Gasteiger partial charge in [-0.3, -0.25) is 20.2 Å². The van der Waals surface area contributed by atoms with Crippen molar-refractivity contribution in [3.63, 3.8) is 0 Å². The molecule has 0 rings (SSSR count). The van der Waals surface area contributed by atoms with Crippen LogP contribution in [-0.2, 0) is 86.9 Å². The van der Waals surface area contributed by atoms with Crippen molar-refractivity contribution < 1.29 is 178 Å². The third-order valence-electron chi connectivity index (χ3n) is 2.39. The van der Waals surface area contributed by atoms with Crippen LogP contribution in [0, 0.1) is 20.2 Å². The second kappa shape index (κ2) is 84.0. The minimum absolute atomic E-state index is 0. The molecule has 0 bridgehead atoms. The van der Waals surface area contributed by atoms with Gasteiger partial charge in [-0.25, -0.2) is 0 Å². The second-order valence-electron chi connectivity index (χ2n) is 14.3. The molecule has 0 saturated heterocycles. The van der Waals surface area contributed by atoms with Gasteiger partial charge >= 0.3 is 86.9 Å². The van der Waals surface area contributed by atoms with E-state index in [0.29, 0.717) is 0 Å². The Balaban J connectivity index is -0.0000000286. The maximum atomic E-state index is 10.0. The van der Waals surface area contributed by atoms with Crippen LogP contribution in [-0.4, -0.2) is 122 Å². The summed E-state index contributed by atoms with van der Waals surface area (Å²) in [4.78, 5) is 17.7. The van der Waals surface area contributed by atoms with E-state index in [9.17, 15) is 102 Å². The van der Waals surface area contributed by atoms with E-state index in [1.54, 1.807) is 138 Å². The molecular formula is C38H82N2O20Ti4. The van der Waals surface area contributed by atoms with Gasteiger partial charge in [-0.15, -0.1) is 61.0 Å². The maximum Gasteiger partial charge on any atom is 4.00 e. The van der Waals surface area contributed by atoms with Gasteiger partial charge in [-0.2, -0.15) is 0 Å². The predicted molar refractivity (Wildman–Crippen MR) is 200 cm³/mol. The van der Waals surface area contributed by atoms with Crippen LogP contribution in [0.4, 0.5) is 0 Å². The van der Waals surface area contributed by atoms with E-state index in [1.807, 2.05) is 0 Å². The maximum absolute atomic E-state index is 10.0. The molecule has 0 heterocycles. The van der Waals surface area contributed by atoms with Crippen molar-refractivity contribution in [1.29, 1.82) is 0 Å². The molecule has 380 valence electrons. The zero-order valence-electron chi connectivity index (χ0n) is 42.1. The first kappa shape index (κ1) is 111. The van der Waals surface area contributed by atoms with Crippen LogP contribution >= 0.6 is 0 Å². The Hall–Kier alpha value is 1.02. The zero-order valence-corrected chi connectivity index (χ0v) is 48.3. The third-order valence-corrected chi connectivity index (χ3v) is 2.39. The molecule has 0 aliphatic rings. The normalized spacial score (nSPS) is 9.22. The number of hydrogen-bond donors (Lipinski definition) is 0. The van der Waals surface area contributed by atoms with Crippen LogP contribution in [0.3, 0.4) is 0 Å². The quantitative estimate of drug-likeness (QED) is 0.124. The summed E-state index contributed by atoms with van der Waals surface area (Å²) >= 11 is 0. The summed E-state index contributed by atoms with van der Waals surface area (Å²) in [6.45, 7) is 24.8. The number of nitrogens with zero attached hydrogens (tertiary/aromatic N) is 2. The van der Waals surface area contributed by atoms with Crippen molar-refractivity contribution in [3.8, 4) is 0 Å². The topological polar surface area (TPSA) is 455 Å². The van der Waals surface area contributed by atoms with Crippen molar-refractivity contribution in [2.24, 2.45) is 0 Å². The molecule has 0 radical (unpaired) electrons. The molecule has 0 fully saturated rings. The van der Waals surface area contributed by atoms with Crippen molar-refractivity contribution >= 4 is 0 Å². The summed E-state index contributed by atoms with van der Waals surface area (Å²) in [5.41, 5.74) is -4.64. The Kier molecular flexibility index (Phi) is 146. The molecule has 0 amide bonds. The monoisotopic (exact) mass is 1080 g/mol. The molecule has 0 N–H and O–H groups in total. The van der Waals surface area contributed by atoms with Crippen molar-refractivity contribution in [2.45, 2.75) is 211 Å². The summed E-state index contributed by atoms with van der Waals surface area (Å²) in [6.07, 6.45) is -4.17. The fraction of sp³-hybridized carbons (Fsp3) is 1.00. The standard InChI is InChI=1S/2C4H6NO5.10C3H7O.4Ti/c2*6-1-4(2-7,3-8)5(9)10;10*1-3(2)4;;;;/h2*1-3H2;10*3H,1-2H3;;;;/q2*-3;10*-1;4*+4. The van der Waals surface area contributed by atoms with E-state index in [4.69, 9.17) is 0 Å². The summed E-state index contributed by atoms with van der Waals surface area (Å²) in [6, 6.07) is 0. The van der Waals surface area contributed by atoms with Crippen LogP contribution in [0.15, 0.2) is 0 Å². The SMILES string of the molecule is CC(C)[O-].CC(C)[O-].CC(C)[O-].CC(C)[O-].CC(C)[O-].CC(C)[O-].CC(C)[O-].CC(C)[O-].CC(C)[O-].CC(C)[O-].O=[N+]([O-])C(C[O-])(C[O-])C[O-].O=[N+]([O-])C(C[O-])(C[O-])C[O-].[Ti+4].[Ti+4].[Ti+4].[Ti+4]. The van der Waals surface area contributed by atoms with Gasteiger partial charge in [0.15, 0.2) is 11.1 Å². The van der Waals surface area contributed by atoms with Gasteiger partial charge in [-0.05, 0) is 0 Å². The molecule has 0 aromatic rings. The van der Waals surface area contributed by atoms with Crippen molar-refractivity contribution in [1.82, 2.24) is 0 Å². The Labute approximate surface area is 445 Å². The minimum Gasteiger partial charge on any atom is -0.852 e. The molecule has 0 spiro atoms. The van der Waals surface area contributed by atoms with E-state index in [-0.39, 0.29) is 86.9 Å². The van der Waals surface area contributed by atoms with E-state index >= 15 is 0 Å². The van der Waals surface area contributed by atoms with E-state index < -0.39 is 122 Å². The van der Waals surface area contributed by atoms with Crippen LogP contribution in [0.2, 0.25) is 0 Å². The molecule has 0 atom stereocenters. The van der Waals surface area contributed by atoms with Gasteiger partial charge in [0.25, 0.3) is 0 Å². The van der Waals surface area contributed by atoms with Gasteiger partial charge in [0.05, 0.1) is 0 Å². The molecule has 0 aromatic heterocycles. The average molecular weight is 1080 g/mol. The first-order valence-corrected chi connectivity index (χ1v) is 18.9. The van der Waals surface area contributed by atoms with Gasteiger partial charge in [0.1, 0.15) is 0 Å². The predicted octanol–water partition coefficient (Wildman–Crippen LogP) is -10.3. The first-order chi connectivity index (χ1) is 26.6. The number of nitro groups is 2. The van der Waals surface area contributed by atoms with Crippen LogP contribution in [0.1, 0.15) is 138 Å². The van der Waals surface area contributed by atoms with Crippen LogP contribution < -0.4 is 81.7 Å². The molecule has 0 saturated carbocycles. The smallest absolute Gasteiger partial charge is 0.852 e. The van der Waals surface area contributed by atoms with E-state index in [1.165, 1.54) is 0 Å². The molecule has 0 aliphatic heterocycles. The van der Waals surface area contributed by atoms with E-state index in [0.717, 1.165) is 0 Å². The van der Waals surface area contributed by atoms with Gasteiger partial charge in [0, 0.05) is 9.85 Å². The Bertz CT molecular complexity index is 583. The van der Waals surface area contributed by atoms with Crippen molar-refractivity contribution in [3.05, 3.63) is 20.2 Å². The molecule has 0 aliphatic carbocycles. The second-order valence-corrected chi connectivity index (χ2v) is 14.3. The molecule has 0 aromatic carbocycles. The largest absolute Gasteiger partial charge is 4.00 e. The Morgan fingerprint density at radius 3 is 0.312 bits per heavy atom. The van der Waals surface area contributed by atoms with E-state index in [2.05, 4.69) is 0 Å². The fourth-order valence-electron chi connectivity index (χ4n) is 0.566. The van der Waals surface area contributed by atoms with Crippen LogP contribution in [0.25, 0.3) is 0 Å². The van der Waals surface area contributed by atoms with Gasteiger partial charge in [-0.1, -0.05) is 178 Å². The summed E-state index contributed by atoms with van der Waals surface area (Å²) in [5, 5.41) is 175. The third kappa shape index (κ3) is 252. The van der Waals surface area contributed by atoms with Gasteiger partial charge in [0.2, 0.25) is 0 Å². The average Bonchev–Trinajstić information content (AvgIpc) is 2.97. The zero-order chi connectivity index (χ0) is 52.2. The first-order valence-electron chi connectivity index (χ1n) is 18.9. The molecule has 26 heteroatoms.